The van der Waals surface area contributed by atoms with Crippen LogP contribution in [0.4, 0.5) is 0 Å². The van der Waals surface area contributed by atoms with Crippen molar-refractivity contribution in [1.29, 1.82) is 0 Å². The van der Waals surface area contributed by atoms with Crippen LogP contribution in [0.3, 0.4) is 0 Å². The predicted molar refractivity (Wildman–Crippen MR) is 111 cm³/mol. The van der Waals surface area contributed by atoms with E-state index in [0.29, 0.717) is 6.07 Å². The van der Waals surface area contributed by atoms with Crippen LogP contribution in [0.25, 0.3) is 22.3 Å². The number of fused-ring (bicyclic) bond motifs is 1. The van der Waals surface area contributed by atoms with Crippen molar-refractivity contribution in [2.24, 2.45) is 0 Å². The van der Waals surface area contributed by atoms with Gasteiger partial charge in [0.15, 0.2) is 28.6 Å². The molecule has 0 bridgehead atoms. The van der Waals surface area contributed by atoms with Crippen molar-refractivity contribution in [2.45, 2.75) is 30.7 Å². The highest BCUT2D eigenvalue weighted by atomic mass is 16.7. The Balaban J connectivity index is 1.89. The average molecular weight is 480 g/mol. The van der Waals surface area contributed by atoms with Crippen LogP contribution >= 0.6 is 0 Å². The third-order valence-corrected chi connectivity index (χ3v) is 5.38. The molecule has 0 saturated carbocycles. The summed E-state index contributed by atoms with van der Waals surface area (Å²) in [6.07, 6.45) is -8.50. The molecular formula is C21H20O13. The highest BCUT2D eigenvalue weighted by Crippen LogP contribution is 2.44. The minimum absolute atomic E-state index is 0.0755. The van der Waals surface area contributed by atoms with Crippen LogP contribution in [-0.2, 0) is 4.74 Å². The monoisotopic (exact) mass is 480 g/mol. The molecule has 4 rings (SSSR count). The van der Waals surface area contributed by atoms with Gasteiger partial charge in [-0.1, -0.05) is 0 Å². The first kappa shape index (κ1) is 23.4. The van der Waals surface area contributed by atoms with Gasteiger partial charge in [-0.3, -0.25) is 4.79 Å². The maximum Gasteiger partial charge on any atom is 0.238 e. The van der Waals surface area contributed by atoms with Crippen molar-refractivity contribution >= 4 is 11.0 Å². The molecule has 1 aliphatic rings. The second kappa shape index (κ2) is 8.55. The van der Waals surface area contributed by atoms with Gasteiger partial charge in [0.2, 0.25) is 23.2 Å². The van der Waals surface area contributed by atoms with Gasteiger partial charge in [-0.15, -0.1) is 0 Å². The number of aliphatic hydroxyl groups is 4. The van der Waals surface area contributed by atoms with Crippen molar-refractivity contribution in [3.63, 3.8) is 0 Å². The minimum atomic E-state index is -1.88. The second-order valence-corrected chi connectivity index (χ2v) is 7.58. The fourth-order valence-electron chi connectivity index (χ4n) is 3.56. The fourth-order valence-corrected chi connectivity index (χ4v) is 3.56. The molecule has 1 aliphatic heterocycles. The molecule has 9 N–H and O–H groups in total. The Bertz CT molecular complexity index is 1300. The van der Waals surface area contributed by atoms with E-state index in [1.54, 1.807) is 0 Å². The zero-order valence-electron chi connectivity index (χ0n) is 17.1. The van der Waals surface area contributed by atoms with Crippen molar-refractivity contribution in [3.05, 3.63) is 34.5 Å². The SMILES string of the molecule is O=c1c(O)c(-c2ccc(O)c(O)c2)oc2c(O[C@H]3O[C@@H](CO)[C@H](O)[C@@H](O)[C@@H]3O)c(O)cc(O)c12. The van der Waals surface area contributed by atoms with Crippen molar-refractivity contribution in [1.82, 2.24) is 0 Å². The number of hydrogen-bond donors (Lipinski definition) is 9. The molecule has 182 valence electrons. The van der Waals surface area contributed by atoms with E-state index in [2.05, 4.69) is 0 Å². The smallest absolute Gasteiger partial charge is 0.238 e. The van der Waals surface area contributed by atoms with Crippen LogP contribution in [0, 0.1) is 0 Å². The van der Waals surface area contributed by atoms with Crippen molar-refractivity contribution in [3.8, 4) is 45.8 Å². The number of phenols is 4. The first-order chi connectivity index (χ1) is 16.0. The Kier molecular flexibility index (Phi) is 5.89. The Morgan fingerprint density at radius 3 is 2.21 bits per heavy atom. The van der Waals surface area contributed by atoms with Crippen molar-refractivity contribution < 1.29 is 59.8 Å². The van der Waals surface area contributed by atoms with Crippen LogP contribution in [0.5, 0.6) is 34.5 Å². The molecule has 13 heteroatoms. The normalized spacial score (nSPS) is 24.9. The Hall–Kier alpha value is -3.75. The first-order valence-electron chi connectivity index (χ1n) is 9.79. The summed E-state index contributed by atoms with van der Waals surface area (Å²) in [6, 6.07) is 3.92. The molecule has 1 saturated heterocycles. The summed E-state index contributed by atoms with van der Waals surface area (Å²) >= 11 is 0. The maximum absolute atomic E-state index is 12.8. The Labute approximate surface area is 189 Å². The molecule has 34 heavy (non-hydrogen) atoms. The van der Waals surface area contributed by atoms with Gasteiger partial charge in [-0.05, 0) is 18.2 Å². The molecule has 2 heterocycles. The van der Waals surface area contributed by atoms with E-state index in [0.717, 1.165) is 12.1 Å². The topological polar surface area (TPSA) is 231 Å². The fraction of sp³-hybridized carbons (Fsp3) is 0.286. The predicted octanol–water partition coefficient (Wildman–Crippen LogP) is -0.833. The molecule has 0 unspecified atom stereocenters. The molecule has 1 aromatic heterocycles. The van der Waals surface area contributed by atoms with Gasteiger partial charge in [0.1, 0.15) is 35.6 Å². The van der Waals surface area contributed by atoms with Crippen LogP contribution in [0.2, 0.25) is 0 Å². The molecule has 0 spiro atoms. The number of aromatic hydroxyl groups is 5. The van der Waals surface area contributed by atoms with E-state index in [-0.39, 0.29) is 5.56 Å². The Morgan fingerprint density at radius 1 is 0.853 bits per heavy atom. The number of aliphatic hydroxyl groups excluding tert-OH is 4. The lowest BCUT2D eigenvalue weighted by Gasteiger charge is -2.39. The summed E-state index contributed by atoms with van der Waals surface area (Å²) < 4.78 is 16.2. The van der Waals surface area contributed by atoms with Gasteiger partial charge in [-0.2, -0.15) is 0 Å². The molecule has 1 fully saturated rings. The van der Waals surface area contributed by atoms with Crippen molar-refractivity contribution in [2.75, 3.05) is 6.61 Å². The van der Waals surface area contributed by atoms with Crippen LogP contribution in [-0.4, -0.2) is 83.3 Å². The van der Waals surface area contributed by atoms with Gasteiger partial charge in [-0.25, -0.2) is 0 Å². The quantitative estimate of drug-likeness (QED) is 0.208. The largest absolute Gasteiger partial charge is 0.507 e. The van der Waals surface area contributed by atoms with E-state index < -0.39 is 94.0 Å². The van der Waals surface area contributed by atoms with Crippen LogP contribution < -0.4 is 10.2 Å². The average Bonchev–Trinajstić information content (AvgIpc) is 2.80. The molecule has 13 nitrogen and oxygen atoms in total. The third-order valence-electron chi connectivity index (χ3n) is 5.38. The van der Waals surface area contributed by atoms with E-state index in [4.69, 9.17) is 13.9 Å². The molecule has 0 amide bonds. The van der Waals surface area contributed by atoms with Gasteiger partial charge in [0.05, 0.1) is 6.61 Å². The molecule has 3 aromatic rings. The van der Waals surface area contributed by atoms with Gasteiger partial charge in [0.25, 0.3) is 0 Å². The zero-order chi connectivity index (χ0) is 24.9. The third kappa shape index (κ3) is 3.70. The van der Waals surface area contributed by atoms with E-state index in [1.165, 1.54) is 6.07 Å². The number of rotatable bonds is 4. The number of hydrogen-bond acceptors (Lipinski definition) is 13. The highest BCUT2D eigenvalue weighted by Gasteiger charge is 2.45. The zero-order valence-corrected chi connectivity index (χ0v) is 17.1. The maximum atomic E-state index is 12.8. The number of phenolic OH excluding ortho intramolecular Hbond substituents is 4. The molecule has 2 aromatic carbocycles. The molecule has 5 atom stereocenters. The lowest BCUT2D eigenvalue weighted by Crippen LogP contribution is -2.60. The second-order valence-electron chi connectivity index (χ2n) is 7.58. The molecular weight excluding hydrogens is 460 g/mol. The summed E-state index contributed by atoms with van der Waals surface area (Å²) in [5, 5.41) is 89.0. The van der Waals surface area contributed by atoms with Crippen LogP contribution in [0.1, 0.15) is 0 Å². The van der Waals surface area contributed by atoms with E-state index in [9.17, 15) is 50.8 Å². The summed E-state index contributed by atoms with van der Waals surface area (Å²) in [6.45, 7) is -0.759. The minimum Gasteiger partial charge on any atom is -0.507 e. The molecule has 0 aliphatic carbocycles. The van der Waals surface area contributed by atoms with Gasteiger partial charge < -0.3 is 59.8 Å². The van der Waals surface area contributed by atoms with Gasteiger partial charge in [0, 0.05) is 11.6 Å². The van der Waals surface area contributed by atoms with Gasteiger partial charge >= 0.3 is 0 Å². The number of ether oxygens (including phenoxy) is 2. The van der Waals surface area contributed by atoms with E-state index >= 15 is 0 Å². The highest BCUT2D eigenvalue weighted by molar-refractivity contribution is 5.93. The standard InChI is InChI=1S/C21H20O13/c22-5-11-13(27)15(29)17(31)21(32-11)34-19-10(26)4-9(25)12-14(28)16(30)18(33-20(12)19)6-1-2-7(23)8(24)3-6/h1-4,11,13,15,17,21-27,29-31H,5H2/t11-,13-,15+,17-,21+/m0/s1. The summed E-state index contributed by atoms with van der Waals surface area (Å²) in [4.78, 5) is 12.8. The summed E-state index contributed by atoms with van der Waals surface area (Å²) in [5.41, 5.74) is -1.84. The van der Waals surface area contributed by atoms with E-state index in [1.807, 2.05) is 0 Å². The summed E-state index contributed by atoms with van der Waals surface area (Å²) in [5.74, 6) is -4.84. The van der Waals surface area contributed by atoms with Crippen LogP contribution in [0.15, 0.2) is 33.5 Å². The lowest BCUT2D eigenvalue weighted by molar-refractivity contribution is -0.277. The molecule has 0 radical (unpaired) electrons. The summed E-state index contributed by atoms with van der Waals surface area (Å²) in [7, 11) is 0. The first-order valence-corrected chi connectivity index (χ1v) is 9.79. The lowest BCUT2D eigenvalue weighted by atomic mass is 9.99. The Morgan fingerprint density at radius 2 is 1.56 bits per heavy atom. The number of benzene rings is 2.